The zero-order valence-electron chi connectivity index (χ0n) is 7.82. The lowest BCUT2D eigenvalue weighted by molar-refractivity contribution is 0.134. The molecule has 3 N–H and O–H groups in total. The number of hydrogen-bond donors (Lipinski definition) is 2. The summed E-state index contributed by atoms with van der Waals surface area (Å²) in [6.07, 6.45) is 2.27. The lowest BCUT2D eigenvalue weighted by atomic mass is 9.98. The molecule has 1 aliphatic rings. The normalized spacial score (nSPS) is 18.9. The molecule has 0 amide bonds. The van der Waals surface area contributed by atoms with E-state index in [1.54, 1.807) is 0 Å². The van der Waals surface area contributed by atoms with E-state index in [1.807, 2.05) is 0 Å². The van der Waals surface area contributed by atoms with Crippen molar-refractivity contribution in [1.82, 2.24) is 4.90 Å². The van der Waals surface area contributed by atoms with Crippen LogP contribution in [0.25, 0.3) is 0 Å². The van der Waals surface area contributed by atoms with Crippen LogP contribution in [0.1, 0.15) is 12.8 Å². The molecule has 0 aromatic heterocycles. The molecule has 0 unspecified atom stereocenters. The van der Waals surface area contributed by atoms with E-state index in [4.69, 9.17) is 10.8 Å². The van der Waals surface area contributed by atoms with Gasteiger partial charge in [0.2, 0.25) is 0 Å². The van der Waals surface area contributed by atoms with Gasteiger partial charge in [-0.2, -0.15) is 0 Å². The number of nitrogens with zero attached hydrogens (tertiary/aromatic N) is 1. The Balaban J connectivity index is 0. The highest BCUT2D eigenvalue weighted by Gasteiger charge is 2.16. The molecule has 5 heteroatoms. The number of likely N-dealkylation sites (tertiary alicyclic amines) is 1. The third-order valence-corrected chi connectivity index (χ3v) is 2.41. The van der Waals surface area contributed by atoms with Crippen LogP contribution >= 0.6 is 24.8 Å². The number of aliphatic hydroxyl groups is 1. The quantitative estimate of drug-likeness (QED) is 0.743. The van der Waals surface area contributed by atoms with Gasteiger partial charge in [0.25, 0.3) is 0 Å². The molecular formula is C8H20Cl2N2O. The van der Waals surface area contributed by atoms with Gasteiger partial charge in [-0.25, -0.2) is 0 Å². The fraction of sp³-hybridized carbons (Fsp3) is 1.00. The minimum atomic E-state index is 0. The maximum absolute atomic E-state index is 8.86. The first-order chi connectivity index (χ1) is 5.36. The summed E-state index contributed by atoms with van der Waals surface area (Å²) in [6, 6.07) is 0. The molecule has 1 heterocycles. The van der Waals surface area contributed by atoms with Crippen LogP contribution in [0.15, 0.2) is 0 Å². The topological polar surface area (TPSA) is 49.5 Å². The van der Waals surface area contributed by atoms with Crippen molar-refractivity contribution in [3.8, 4) is 0 Å². The van der Waals surface area contributed by atoms with E-state index in [0.717, 1.165) is 39.0 Å². The lowest BCUT2D eigenvalue weighted by Gasteiger charge is -2.30. The van der Waals surface area contributed by atoms with Crippen LogP contribution in [0.3, 0.4) is 0 Å². The van der Waals surface area contributed by atoms with Crippen molar-refractivity contribution in [2.75, 3.05) is 32.8 Å². The highest BCUT2D eigenvalue weighted by molar-refractivity contribution is 5.85. The molecule has 0 atom stereocenters. The molecule has 1 rings (SSSR count). The highest BCUT2D eigenvalue weighted by atomic mass is 35.5. The molecule has 3 nitrogen and oxygen atoms in total. The molecule has 1 aliphatic heterocycles. The molecule has 0 bridgehead atoms. The average Bonchev–Trinajstić information content (AvgIpc) is 2.07. The summed E-state index contributed by atoms with van der Waals surface area (Å²) in [7, 11) is 0. The van der Waals surface area contributed by atoms with Crippen molar-refractivity contribution in [2.45, 2.75) is 12.8 Å². The van der Waals surface area contributed by atoms with Crippen LogP contribution in [0.4, 0.5) is 0 Å². The number of aliphatic hydroxyl groups excluding tert-OH is 1. The predicted molar refractivity (Wildman–Crippen MR) is 59.8 cm³/mol. The Morgan fingerprint density at radius 1 is 1.23 bits per heavy atom. The smallest absolute Gasteiger partial charge is 0.0460 e. The number of hydrogen-bond acceptors (Lipinski definition) is 3. The van der Waals surface area contributed by atoms with Gasteiger partial charge in [0.1, 0.15) is 0 Å². The molecule has 1 saturated heterocycles. The summed E-state index contributed by atoms with van der Waals surface area (Å²) in [5, 5.41) is 8.86. The Kier molecular flexibility index (Phi) is 11.1. The summed E-state index contributed by atoms with van der Waals surface area (Å²) in [6.45, 7) is 4.35. The number of nitrogens with two attached hydrogens (primary N) is 1. The summed E-state index contributed by atoms with van der Waals surface area (Å²) in [5.41, 5.74) is 5.44. The Morgan fingerprint density at radius 3 is 2.15 bits per heavy atom. The van der Waals surface area contributed by atoms with E-state index in [9.17, 15) is 0 Å². The van der Waals surface area contributed by atoms with E-state index in [1.165, 1.54) is 0 Å². The molecule has 0 radical (unpaired) electrons. The second-order valence-corrected chi connectivity index (χ2v) is 3.26. The molecule has 82 valence electrons. The molecule has 0 spiro atoms. The van der Waals surface area contributed by atoms with Crippen LogP contribution in [0.5, 0.6) is 0 Å². The van der Waals surface area contributed by atoms with Gasteiger partial charge in [0.05, 0.1) is 0 Å². The van der Waals surface area contributed by atoms with Crippen LogP contribution in [0.2, 0.25) is 0 Å². The van der Waals surface area contributed by atoms with E-state index in [2.05, 4.69) is 4.90 Å². The van der Waals surface area contributed by atoms with Gasteiger partial charge < -0.3 is 15.7 Å². The molecular weight excluding hydrogens is 211 g/mol. The van der Waals surface area contributed by atoms with Crippen LogP contribution in [-0.2, 0) is 0 Å². The minimum Gasteiger partial charge on any atom is -0.396 e. The summed E-state index contributed by atoms with van der Waals surface area (Å²) in [5.74, 6) is 0.545. The Bertz CT molecular complexity index is 108. The highest BCUT2D eigenvalue weighted by Crippen LogP contribution is 2.15. The van der Waals surface area contributed by atoms with Crippen LogP contribution in [0, 0.1) is 5.92 Å². The fourth-order valence-electron chi connectivity index (χ4n) is 1.58. The van der Waals surface area contributed by atoms with Crippen molar-refractivity contribution in [2.24, 2.45) is 11.7 Å². The fourth-order valence-corrected chi connectivity index (χ4v) is 1.58. The predicted octanol–water partition coefficient (Wildman–Crippen LogP) is 0.493. The zero-order chi connectivity index (χ0) is 8.10. The van der Waals surface area contributed by atoms with E-state index >= 15 is 0 Å². The van der Waals surface area contributed by atoms with Gasteiger partial charge >= 0.3 is 0 Å². The number of rotatable bonds is 3. The summed E-state index contributed by atoms with van der Waals surface area (Å²) >= 11 is 0. The van der Waals surface area contributed by atoms with Crippen molar-refractivity contribution in [3.63, 3.8) is 0 Å². The molecule has 13 heavy (non-hydrogen) atoms. The molecule has 0 saturated carbocycles. The average molecular weight is 231 g/mol. The Hall–Kier alpha value is 0.460. The summed E-state index contributed by atoms with van der Waals surface area (Å²) < 4.78 is 0. The first-order valence-corrected chi connectivity index (χ1v) is 4.40. The maximum atomic E-state index is 8.86. The minimum absolute atomic E-state index is 0. The van der Waals surface area contributed by atoms with Gasteiger partial charge in [-0.15, -0.1) is 24.8 Å². The standard InChI is InChI=1S/C8H18N2O.2ClH/c9-3-6-10-4-1-8(7-11)2-5-10;;/h8,11H,1-7,9H2;2*1H. The molecule has 0 aromatic carbocycles. The zero-order valence-corrected chi connectivity index (χ0v) is 9.45. The third-order valence-electron chi connectivity index (χ3n) is 2.41. The van der Waals surface area contributed by atoms with Crippen LogP contribution in [-0.4, -0.2) is 42.8 Å². The third kappa shape index (κ3) is 5.70. The molecule has 1 fully saturated rings. The largest absolute Gasteiger partial charge is 0.396 e. The number of halogens is 2. The van der Waals surface area contributed by atoms with Crippen molar-refractivity contribution in [1.29, 1.82) is 0 Å². The van der Waals surface area contributed by atoms with Gasteiger partial charge in [-0.1, -0.05) is 0 Å². The van der Waals surface area contributed by atoms with E-state index in [-0.39, 0.29) is 24.8 Å². The van der Waals surface area contributed by atoms with Gasteiger partial charge in [0.15, 0.2) is 0 Å². The second-order valence-electron chi connectivity index (χ2n) is 3.26. The monoisotopic (exact) mass is 230 g/mol. The first kappa shape index (κ1) is 15.9. The lowest BCUT2D eigenvalue weighted by Crippen LogP contribution is -2.37. The van der Waals surface area contributed by atoms with Crippen molar-refractivity contribution < 1.29 is 5.11 Å². The van der Waals surface area contributed by atoms with Gasteiger partial charge in [-0.3, -0.25) is 0 Å². The van der Waals surface area contributed by atoms with E-state index in [0.29, 0.717) is 12.5 Å². The Labute approximate surface area is 92.5 Å². The second kappa shape index (κ2) is 9.03. The molecule has 0 aliphatic carbocycles. The van der Waals surface area contributed by atoms with E-state index < -0.39 is 0 Å². The SMILES string of the molecule is Cl.Cl.NCCN1CCC(CO)CC1. The van der Waals surface area contributed by atoms with Crippen molar-refractivity contribution >= 4 is 24.8 Å². The van der Waals surface area contributed by atoms with Crippen LogP contribution < -0.4 is 5.73 Å². The van der Waals surface area contributed by atoms with Gasteiger partial charge in [0, 0.05) is 19.7 Å². The maximum Gasteiger partial charge on any atom is 0.0460 e. The molecule has 0 aromatic rings. The van der Waals surface area contributed by atoms with Crippen molar-refractivity contribution in [3.05, 3.63) is 0 Å². The van der Waals surface area contributed by atoms with Gasteiger partial charge in [-0.05, 0) is 31.8 Å². The summed E-state index contributed by atoms with van der Waals surface area (Å²) in [4.78, 5) is 2.37. The number of piperidine rings is 1. The first-order valence-electron chi connectivity index (χ1n) is 4.40. The Morgan fingerprint density at radius 2 is 1.77 bits per heavy atom.